The lowest BCUT2D eigenvalue weighted by molar-refractivity contribution is -0.159. The number of piperidine rings is 1. The molecule has 1 amide bonds. The number of thioether (sulfide) groups is 1. The van der Waals surface area contributed by atoms with Gasteiger partial charge in [-0.15, -0.1) is 0 Å². The molecule has 2 saturated heterocycles. The van der Waals surface area contributed by atoms with Crippen LogP contribution in [-0.4, -0.2) is 70.1 Å². The Kier molecular flexibility index (Phi) is 4.87. The Morgan fingerprint density at radius 1 is 1.15 bits per heavy atom. The first-order valence-corrected chi connectivity index (χ1v) is 7.71. The molecule has 2 rings (SSSR count). The van der Waals surface area contributed by atoms with Crippen LogP contribution < -0.4 is 5.32 Å². The average molecular weight is 302 g/mol. The molecule has 0 aromatic heterocycles. The number of rotatable bonds is 3. The second kappa shape index (κ2) is 6.45. The highest BCUT2D eigenvalue weighted by atomic mass is 32.2. The highest BCUT2D eigenvalue weighted by molar-refractivity contribution is 7.99. The molecule has 20 heavy (non-hydrogen) atoms. The molecule has 3 atom stereocenters. The summed E-state index contributed by atoms with van der Waals surface area (Å²) in [6.45, 7) is 1.05. The lowest BCUT2D eigenvalue weighted by Gasteiger charge is -2.37. The molecule has 2 fully saturated rings. The zero-order valence-electron chi connectivity index (χ0n) is 10.9. The van der Waals surface area contributed by atoms with E-state index in [0.717, 1.165) is 12.3 Å². The SMILES string of the molecule is O=C(O)C1CCN(C(=O)C2CSCCN2)CC1C(=O)O. The lowest BCUT2D eigenvalue weighted by Crippen LogP contribution is -2.55. The van der Waals surface area contributed by atoms with Gasteiger partial charge in [-0.25, -0.2) is 0 Å². The summed E-state index contributed by atoms with van der Waals surface area (Å²) < 4.78 is 0. The summed E-state index contributed by atoms with van der Waals surface area (Å²) in [5, 5.41) is 21.3. The molecule has 2 heterocycles. The largest absolute Gasteiger partial charge is 0.481 e. The fourth-order valence-electron chi connectivity index (χ4n) is 2.64. The minimum atomic E-state index is -1.15. The molecule has 2 aliphatic rings. The summed E-state index contributed by atoms with van der Waals surface area (Å²) >= 11 is 1.69. The summed E-state index contributed by atoms with van der Waals surface area (Å²) in [5.41, 5.74) is 0. The molecular formula is C12H18N2O5S. The van der Waals surface area contributed by atoms with Gasteiger partial charge in [-0.2, -0.15) is 11.8 Å². The van der Waals surface area contributed by atoms with Crippen LogP contribution >= 0.6 is 11.8 Å². The van der Waals surface area contributed by atoms with Crippen LogP contribution in [-0.2, 0) is 14.4 Å². The number of nitrogens with one attached hydrogen (secondary N) is 1. The Morgan fingerprint density at radius 3 is 2.40 bits per heavy atom. The van der Waals surface area contributed by atoms with Gasteiger partial charge in [0.15, 0.2) is 0 Å². The number of aliphatic carboxylic acids is 2. The van der Waals surface area contributed by atoms with Gasteiger partial charge in [0, 0.05) is 31.1 Å². The van der Waals surface area contributed by atoms with E-state index in [-0.39, 0.29) is 24.9 Å². The van der Waals surface area contributed by atoms with Gasteiger partial charge in [-0.3, -0.25) is 14.4 Å². The predicted octanol–water partition coefficient (Wildman–Crippen LogP) is -0.675. The van der Waals surface area contributed by atoms with Crippen LogP contribution in [0.3, 0.4) is 0 Å². The summed E-state index contributed by atoms with van der Waals surface area (Å²) in [6.07, 6.45) is 0.192. The molecule has 3 N–H and O–H groups in total. The third-order valence-electron chi connectivity index (χ3n) is 3.78. The van der Waals surface area contributed by atoms with Crippen LogP contribution in [0.25, 0.3) is 0 Å². The molecule has 0 aromatic carbocycles. The molecular weight excluding hydrogens is 284 g/mol. The molecule has 3 unspecified atom stereocenters. The van der Waals surface area contributed by atoms with E-state index in [9.17, 15) is 14.4 Å². The number of likely N-dealkylation sites (tertiary alicyclic amines) is 1. The number of nitrogens with zero attached hydrogens (tertiary/aromatic N) is 1. The molecule has 0 aromatic rings. The first-order valence-electron chi connectivity index (χ1n) is 6.56. The van der Waals surface area contributed by atoms with Gasteiger partial charge in [-0.05, 0) is 6.42 Å². The maximum Gasteiger partial charge on any atom is 0.309 e. The van der Waals surface area contributed by atoms with Crippen LogP contribution in [0.1, 0.15) is 6.42 Å². The molecule has 0 aliphatic carbocycles. The topological polar surface area (TPSA) is 107 Å². The van der Waals surface area contributed by atoms with Crippen molar-refractivity contribution in [3.8, 4) is 0 Å². The van der Waals surface area contributed by atoms with E-state index in [4.69, 9.17) is 10.2 Å². The zero-order valence-corrected chi connectivity index (χ0v) is 11.8. The number of carboxylic acids is 2. The van der Waals surface area contributed by atoms with Gasteiger partial charge < -0.3 is 20.4 Å². The van der Waals surface area contributed by atoms with Crippen LogP contribution in [0.15, 0.2) is 0 Å². The molecule has 112 valence electrons. The number of carbonyl (C=O) groups excluding carboxylic acids is 1. The molecule has 0 saturated carbocycles. The molecule has 0 radical (unpaired) electrons. The van der Waals surface area contributed by atoms with Gasteiger partial charge in [0.25, 0.3) is 0 Å². The third-order valence-corrected chi connectivity index (χ3v) is 4.84. The van der Waals surface area contributed by atoms with E-state index < -0.39 is 23.8 Å². The van der Waals surface area contributed by atoms with Crippen molar-refractivity contribution in [2.75, 3.05) is 31.1 Å². The van der Waals surface area contributed by atoms with E-state index in [2.05, 4.69) is 5.32 Å². The minimum Gasteiger partial charge on any atom is -0.481 e. The van der Waals surface area contributed by atoms with Crippen LogP contribution in [0.4, 0.5) is 0 Å². The molecule has 8 heteroatoms. The highest BCUT2D eigenvalue weighted by Crippen LogP contribution is 2.25. The molecule has 2 aliphatic heterocycles. The fraction of sp³-hybridized carbons (Fsp3) is 0.750. The van der Waals surface area contributed by atoms with Gasteiger partial charge >= 0.3 is 11.9 Å². The highest BCUT2D eigenvalue weighted by Gasteiger charge is 2.41. The number of amides is 1. The van der Waals surface area contributed by atoms with Crippen molar-refractivity contribution < 1.29 is 24.6 Å². The molecule has 7 nitrogen and oxygen atoms in total. The normalized spacial score (nSPS) is 30.8. The summed E-state index contributed by atoms with van der Waals surface area (Å²) in [6, 6.07) is -0.287. The van der Waals surface area contributed by atoms with Crippen LogP contribution in [0, 0.1) is 11.8 Å². The van der Waals surface area contributed by atoms with Crippen molar-refractivity contribution >= 4 is 29.6 Å². The monoisotopic (exact) mass is 302 g/mol. The van der Waals surface area contributed by atoms with Crippen molar-refractivity contribution in [2.45, 2.75) is 12.5 Å². The van der Waals surface area contributed by atoms with Gasteiger partial charge in [0.05, 0.1) is 17.9 Å². The summed E-state index contributed by atoms with van der Waals surface area (Å²) in [7, 11) is 0. The Labute approximate surface area is 120 Å². The van der Waals surface area contributed by atoms with E-state index in [1.807, 2.05) is 0 Å². The van der Waals surface area contributed by atoms with Crippen LogP contribution in [0.2, 0.25) is 0 Å². The lowest BCUT2D eigenvalue weighted by atomic mass is 9.85. The number of carboxylic acid groups (broad SMARTS) is 2. The molecule has 0 spiro atoms. The minimum absolute atomic E-state index is 0.0199. The summed E-state index contributed by atoms with van der Waals surface area (Å²) in [4.78, 5) is 36.1. The van der Waals surface area contributed by atoms with E-state index in [0.29, 0.717) is 12.3 Å². The molecule has 0 bridgehead atoms. The van der Waals surface area contributed by atoms with Crippen molar-refractivity contribution in [1.29, 1.82) is 0 Å². The quantitative estimate of drug-likeness (QED) is 0.634. The second-order valence-corrected chi connectivity index (χ2v) is 6.19. The third kappa shape index (κ3) is 3.24. The Balaban J connectivity index is 2.02. The van der Waals surface area contributed by atoms with Crippen molar-refractivity contribution in [3.63, 3.8) is 0 Å². The van der Waals surface area contributed by atoms with Gasteiger partial charge in [0.2, 0.25) is 5.91 Å². The van der Waals surface area contributed by atoms with E-state index in [1.165, 1.54) is 4.90 Å². The van der Waals surface area contributed by atoms with Gasteiger partial charge in [-0.1, -0.05) is 0 Å². The number of carbonyl (C=O) groups is 3. The van der Waals surface area contributed by atoms with Crippen molar-refractivity contribution in [2.24, 2.45) is 11.8 Å². The van der Waals surface area contributed by atoms with Crippen molar-refractivity contribution in [3.05, 3.63) is 0 Å². The smallest absolute Gasteiger partial charge is 0.309 e. The Morgan fingerprint density at radius 2 is 1.85 bits per heavy atom. The summed E-state index contributed by atoms with van der Waals surface area (Å²) in [5.74, 6) is -2.67. The predicted molar refractivity (Wildman–Crippen MR) is 72.6 cm³/mol. The maximum absolute atomic E-state index is 12.3. The fourth-order valence-corrected chi connectivity index (χ4v) is 3.57. The average Bonchev–Trinajstić information content (AvgIpc) is 2.46. The van der Waals surface area contributed by atoms with Gasteiger partial charge in [0.1, 0.15) is 0 Å². The van der Waals surface area contributed by atoms with E-state index in [1.54, 1.807) is 11.8 Å². The Bertz CT molecular complexity index is 411. The number of hydrogen-bond acceptors (Lipinski definition) is 5. The Hall–Kier alpha value is -1.28. The van der Waals surface area contributed by atoms with E-state index >= 15 is 0 Å². The van der Waals surface area contributed by atoms with Crippen LogP contribution in [0.5, 0.6) is 0 Å². The van der Waals surface area contributed by atoms with Crippen molar-refractivity contribution in [1.82, 2.24) is 10.2 Å². The second-order valence-electron chi connectivity index (χ2n) is 5.04. The standard InChI is InChI=1S/C12H18N2O5S/c15-10(9-6-20-4-2-13-9)14-3-1-7(11(16)17)8(5-14)12(18)19/h7-9,13H,1-6H2,(H,16,17)(H,18,19). The number of hydrogen-bond donors (Lipinski definition) is 3. The first-order chi connectivity index (χ1) is 9.50. The maximum atomic E-state index is 12.3. The zero-order chi connectivity index (χ0) is 14.7. The first kappa shape index (κ1) is 15.1.